The van der Waals surface area contributed by atoms with Gasteiger partial charge in [-0.1, -0.05) is 13.8 Å². The maximum absolute atomic E-state index is 11.8. The van der Waals surface area contributed by atoms with Gasteiger partial charge in [-0.15, -0.1) is 0 Å². The van der Waals surface area contributed by atoms with E-state index in [9.17, 15) is 8.42 Å². The summed E-state index contributed by atoms with van der Waals surface area (Å²) in [7, 11) is -2.94. The van der Waals surface area contributed by atoms with Gasteiger partial charge in [0.2, 0.25) is 0 Å². The highest BCUT2D eigenvalue weighted by atomic mass is 32.2. The zero-order valence-electron chi connectivity index (χ0n) is 8.72. The van der Waals surface area contributed by atoms with Gasteiger partial charge in [-0.2, -0.15) is 0 Å². The second-order valence-electron chi connectivity index (χ2n) is 4.10. The Labute approximate surface area is 76.3 Å². The molecule has 0 atom stereocenters. The van der Waals surface area contributed by atoms with Gasteiger partial charge in [-0.3, -0.25) is 0 Å². The summed E-state index contributed by atoms with van der Waals surface area (Å²) in [6.45, 7) is 9.15. The van der Waals surface area contributed by atoms with E-state index in [1.165, 1.54) is 0 Å². The van der Waals surface area contributed by atoms with E-state index >= 15 is 0 Å². The van der Waals surface area contributed by atoms with Gasteiger partial charge in [0.25, 0.3) is 0 Å². The molecule has 0 rings (SSSR count). The van der Waals surface area contributed by atoms with Crippen molar-refractivity contribution in [3.8, 4) is 0 Å². The Morgan fingerprint density at radius 3 is 1.50 bits per heavy atom. The highest BCUT2D eigenvalue weighted by molar-refractivity contribution is 7.93. The van der Waals surface area contributed by atoms with Crippen molar-refractivity contribution in [2.24, 2.45) is 0 Å². The Bertz CT molecular complexity index is 217. The first-order valence-corrected chi connectivity index (χ1v) is 6.05. The predicted octanol–water partition coefficient (Wildman–Crippen LogP) is 2.39. The summed E-state index contributed by atoms with van der Waals surface area (Å²) in [5.74, 6) is 0. The smallest absolute Gasteiger partial charge is 0.158 e. The molecule has 0 N–H and O–H groups in total. The standard InChI is InChI=1S/C9H20O2S/c1-6-8(7-2)12(10,11)9(3,4)5/h8H,6-7H2,1-5H3. The molecule has 2 nitrogen and oxygen atoms in total. The van der Waals surface area contributed by atoms with Crippen LogP contribution >= 0.6 is 0 Å². The lowest BCUT2D eigenvalue weighted by atomic mass is 10.2. The first-order chi connectivity index (χ1) is 5.27. The van der Waals surface area contributed by atoms with Crippen molar-refractivity contribution >= 4 is 9.84 Å². The van der Waals surface area contributed by atoms with E-state index in [1.807, 2.05) is 13.8 Å². The molecule has 0 aliphatic heterocycles. The van der Waals surface area contributed by atoms with Gasteiger partial charge in [0.05, 0.1) is 10.00 Å². The highest BCUT2D eigenvalue weighted by Crippen LogP contribution is 2.24. The van der Waals surface area contributed by atoms with Gasteiger partial charge in [0.15, 0.2) is 9.84 Å². The third kappa shape index (κ3) is 2.22. The molecule has 0 fully saturated rings. The summed E-state index contributed by atoms with van der Waals surface area (Å²) >= 11 is 0. The third-order valence-corrected chi connectivity index (χ3v) is 5.45. The molecule has 74 valence electrons. The number of hydrogen-bond acceptors (Lipinski definition) is 2. The molecule has 0 aromatic rings. The van der Waals surface area contributed by atoms with Gasteiger partial charge in [-0.25, -0.2) is 8.42 Å². The molecule has 0 aromatic carbocycles. The molecule has 3 heteroatoms. The van der Waals surface area contributed by atoms with Crippen LogP contribution in [0.15, 0.2) is 0 Å². The fourth-order valence-electron chi connectivity index (χ4n) is 1.23. The van der Waals surface area contributed by atoms with Crippen molar-refractivity contribution in [3.63, 3.8) is 0 Å². The van der Waals surface area contributed by atoms with Crippen molar-refractivity contribution < 1.29 is 8.42 Å². The van der Waals surface area contributed by atoms with Crippen molar-refractivity contribution in [2.45, 2.75) is 57.5 Å². The molecule has 0 unspecified atom stereocenters. The third-order valence-electron chi connectivity index (χ3n) is 2.20. The normalized spacial score (nSPS) is 13.8. The summed E-state index contributed by atoms with van der Waals surface area (Å²) in [4.78, 5) is 0. The Kier molecular flexibility index (Phi) is 3.76. The molecule has 0 amide bonds. The van der Waals surface area contributed by atoms with E-state index in [0.717, 1.165) is 12.8 Å². The highest BCUT2D eigenvalue weighted by Gasteiger charge is 2.34. The summed E-state index contributed by atoms with van der Waals surface area (Å²) < 4.78 is 23.0. The Morgan fingerprint density at radius 1 is 1.08 bits per heavy atom. The van der Waals surface area contributed by atoms with E-state index in [0.29, 0.717) is 0 Å². The van der Waals surface area contributed by atoms with Crippen LogP contribution in [0.4, 0.5) is 0 Å². The summed E-state index contributed by atoms with van der Waals surface area (Å²) in [6.07, 6.45) is 1.44. The lowest BCUT2D eigenvalue weighted by Gasteiger charge is -2.25. The molecular formula is C9H20O2S. The minimum atomic E-state index is -2.94. The number of rotatable bonds is 3. The molecule has 0 aliphatic carbocycles. The first-order valence-electron chi connectivity index (χ1n) is 4.50. The molecule has 12 heavy (non-hydrogen) atoms. The van der Waals surface area contributed by atoms with Crippen LogP contribution in [0.2, 0.25) is 0 Å². The predicted molar refractivity (Wildman–Crippen MR) is 53.0 cm³/mol. The van der Waals surface area contributed by atoms with E-state index in [-0.39, 0.29) is 5.25 Å². The minimum Gasteiger partial charge on any atom is -0.228 e. The second kappa shape index (κ2) is 3.77. The summed E-state index contributed by atoms with van der Waals surface area (Å²) in [5, 5.41) is -0.169. The van der Waals surface area contributed by atoms with Crippen LogP contribution in [0, 0.1) is 0 Å². The first kappa shape index (κ1) is 11.9. The van der Waals surface area contributed by atoms with Crippen LogP contribution in [0.25, 0.3) is 0 Å². The van der Waals surface area contributed by atoms with E-state index in [2.05, 4.69) is 0 Å². The topological polar surface area (TPSA) is 34.1 Å². The van der Waals surface area contributed by atoms with Gasteiger partial charge in [0, 0.05) is 0 Å². The Hall–Kier alpha value is -0.0500. The quantitative estimate of drug-likeness (QED) is 0.688. The average molecular weight is 192 g/mol. The second-order valence-corrected chi connectivity index (χ2v) is 7.08. The molecule has 0 saturated heterocycles. The van der Waals surface area contributed by atoms with E-state index < -0.39 is 14.6 Å². The fraction of sp³-hybridized carbons (Fsp3) is 1.00. The number of sulfone groups is 1. The zero-order valence-corrected chi connectivity index (χ0v) is 9.53. The van der Waals surface area contributed by atoms with Gasteiger partial charge < -0.3 is 0 Å². The van der Waals surface area contributed by atoms with E-state index in [1.54, 1.807) is 20.8 Å². The molecule has 0 aliphatic rings. The van der Waals surface area contributed by atoms with Crippen LogP contribution < -0.4 is 0 Å². The SMILES string of the molecule is CCC(CC)S(=O)(=O)C(C)(C)C. The van der Waals surface area contributed by atoms with Crippen molar-refractivity contribution in [3.05, 3.63) is 0 Å². The molecule has 0 radical (unpaired) electrons. The van der Waals surface area contributed by atoms with Crippen LogP contribution in [-0.2, 0) is 9.84 Å². The van der Waals surface area contributed by atoms with Crippen molar-refractivity contribution in [2.75, 3.05) is 0 Å². The Balaban J connectivity index is 4.85. The summed E-state index contributed by atoms with van der Waals surface area (Å²) in [6, 6.07) is 0. The van der Waals surface area contributed by atoms with Crippen LogP contribution in [0.1, 0.15) is 47.5 Å². The maximum atomic E-state index is 11.8. The largest absolute Gasteiger partial charge is 0.228 e. The van der Waals surface area contributed by atoms with Crippen LogP contribution in [0.5, 0.6) is 0 Å². The average Bonchev–Trinajstić information content (AvgIpc) is 1.87. The van der Waals surface area contributed by atoms with Crippen LogP contribution in [-0.4, -0.2) is 18.4 Å². The van der Waals surface area contributed by atoms with Crippen LogP contribution in [0.3, 0.4) is 0 Å². The molecule has 0 aromatic heterocycles. The molecule has 0 bridgehead atoms. The molecule has 0 heterocycles. The molecule has 0 spiro atoms. The minimum absolute atomic E-state index is 0.169. The van der Waals surface area contributed by atoms with Gasteiger partial charge in [-0.05, 0) is 33.6 Å². The van der Waals surface area contributed by atoms with Gasteiger partial charge >= 0.3 is 0 Å². The van der Waals surface area contributed by atoms with E-state index in [4.69, 9.17) is 0 Å². The van der Waals surface area contributed by atoms with Crippen molar-refractivity contribution in [1.82, 2.24) is 0 Å². The lowest BCUT2D eigenvalue weighted by Crippen LogP contribution is -2.36. The summed E-state index contributed by atoms with van der Waals surface area (Å²) in [5.41, 5.74) is 0. The number of hydrogen-bond donors (Lipinski definition) is 0. The zero-order chi connectivity index (χ0) is 9.99. The monoisotopic (exact) mass is 192 g/mol. The Morgan fingerprint density at radius 2 is 1.42 bits per heavy atom. The van der Waals surface area contributed by atoms with Crippen molar-refractivity contribution in [1.29, 1.82) is 0 Å². The lowest BCUT2D eigenvalue weighted by molar-refractivity contribution is 0.536. The molecular weight excluding hydrogens is 172 g/mol. The maximum Gasteiger partial charge on any atom is 0.158 e. The van der Waals surface area contributed by atoms with Gasteiger partial charge in [0.1, 0.15) is 0 Å². The molecule has 0 saturated carbocycles. The fourth-order valence-corrected chi connectivity index (χ4v) is 3.11.